The summed E-state index contributed by atoms with van der Waals surface area (Å²) in [5.41, 5.74) is 0. The minimum Gasteiger partial charge on any atom is -0.440 e. The fraction of sp³-hybridized carbons (Fsp3) is 0.222. The largest absolute Gasteiger partial charge is 0.440 e. The lowest BCUT2D eigenvalue weighted by Crippen LogP contribution is -2.23. The van der Waals surface area contributed by atoms with E-state index in [4.69, 9.17) is 4.42 Å². The Morgan fingerprint density at radius 2 is 2.27 bits per heavy atom. The molecule has 0 unspecified atom stereocenters. The summed E-state index contributed by atoms with van der Waals surface area (Å²) >= 11 is 0. The van der Waals surface area contributed by atoms with Crippen LogP contribution in [-0.4, -0.2) is 21.2 Å². The molecule has 80 valence electrons. The molecule has 0 saturated heterocycles. The standard InChI is InChI=1S/C9H9NO4S/c1-2-3-6-10-15(12,13)9-5-4-8(7-11)14-9/h4-5,7,10H,6H2,1H3. The smallest absolute Gasteiger partial charge is 0.274 e. The number of hydrogen-bond acceptors (Lipinski definition) is 4. The molecule has 5 nitrogen and oxygen atoms in total. The molecule has 15 heavy (non-hydrogen) atoms. The van der Waals surface area contributed by atoms with Crippen LogP contribution < -0.4 is 4.72 Å². The van der Waals surface area contributed by atoms with Crippen LogP contribution in [0.1, 0.15) is 17.5 Å². The second-order valence-corrected chi connectivity index (χ2v) is 4.22. The minimum absolute atomic E-state index is 0.00988. The summed E-state index contributed by atoms with van der Waals surface area (Å²) in [5, 5.41) is -0.289. The molecule has 0 aliphatic heterocycles. The van der Waals surface area contributed by atoms with Gasteiger partial charge in [-0.2, -0.15) is 4.72 Å². The molecule has 0 saturated carbocycles. The van der Waals surface area contributed by atoms with E-state index in [9.17, 15) is 13.2 Å². The highest BCUT2D eigenvalue weighted by Crippen LogP contribution is 2.11. The molecule has 0 amide bonds. The van der Waals surface area contributed by atoms with Gasteiger partial charge in [0.25, 0.3) is 10.0 Å². The Kier molecular flexibility index (Phi) is 3.66. The predicted octanol–water partition coefficient (Wildman–Crippen LogP) is 0.394. The van der Waals surface area contributed by atoms with Crippen molar-refractivity contribution in [3.63, 3.8) is 0 Å². The van der Waals surface area contributed by atoms with Crippen molar-refractivity contribution >= 4 is 16.3 Å². The second-order valence-electron chi connectivity index (χ2n) is 2.53. The lowest BCUT2D eigenvalue weighted by molar-refractivity contribution is 0.109. The van der Waals surface area contributed by atoms with Gasteiger partial charge in [0.15, 0.2) is 12.0 Å². The van der Waals surface area contributed by atoms with Gasteiger partial charge in [0.1, 0.15) is 0 Å². The highest BCUT2D eigenvalue weighted by Gasteiger charge is 2.17. The summed E-state index contributed by atoms with van der Waals surface area (Å²) in [6.45, 7) is 1.61. The maximum Gasteiger partial charge on any atom is 0.274 e. The molecule has 0 fully saturated rings. The number of furan rings is 1. The highest BCUT2D eigenvalue weighted by atomic mass is 32.2. The van der Waals surface area contributed by atoms with Gasteiger partial charge in [0.2, 0.25) is 5.09 Å². The number of nitrogens with one attached hydrogen (secondary N) is 1. The van der Waals surface area contributed by atoms with Crippen LogP contribution in [0.2, 0.25) is 0 Å². The third-order valence-corrected chi connectivity index (χ3v) is 2.78. The van der Waals surface area contributed by atoms with Crippen molar-refractivity contribution in [2.45, 2.75) is 12.0 Å². The molecule has 0 bridgehead atoms. The van der Waals surface area contributed by atoms with Crippen LogP contribution in [0.4, 0.5) is 0 Å². The summed E-state index contributed by atoms with van der Waals surface area (Å²) in [7, 11) is -3.70. The van der Waals surface area contributed by atoms with Gasteiger partial charge in [-0.25, -0.2) is 8.42 Å². The molecule has 1 aromatic rings. The first-order valence-corrected chi connectivity index (χ1v) is 5.53. The molecule has 0 aliphatic carbocycles. The van der Waals surface area contributed by atoms with Crippen molar-refractivity contribution in [3.05, 3.63) is 17.9 Å². The average Bonchev–Trinajstić information content (AvgIpc) is 2.66. The van der Waals surface area contributed by atoms with Gasteiger partial charge in [-0.1, -0.05) is 5.92 Å². The van der Waals surface area contributed by atoms with Crippen LogP contribution in [0, 0.1) is 11.8 Å². The molecule has 0 aromatic carbocycles. The first-order valence-electron chi connectivity index (χ1n) is 4.04. The lowest BCUT2D eigenvalue weighted by Gasteiger charge is -1.98. The minimum atomic E-state index is -3.70. The van der Waals surface area contributed by atoms with E-state index in [1.165, 1.54) is 12.1 Å². The number of hydrogen-bond donors (Lipinski definition) is 1. The SMILES string of the molecule is CC#CCNS(=O)(=O)c1ccc(C=O)o1. The number of sulfonamides is 1. The van der Waals surface area contributed by atoms with Gasteiger partial charge in [0, 0.05) is 0 Å². The van der Waals surface area contributed by atoms with Gasteiger partial charge < -0.3 is 4.42 Å². The summed E-state index contributed by atoms with van der Waals surface area (Å²) < 4.78 is 29.9. The van der Waals surface area contributed by atoms with Crippen molar-refractivity contribution in [1.82, 2.24) is 4.72 Å². The second kappa shape index (κ2) is 4.77. The summed E-state index contributed by atoms with van der Waals surface area (Å²) in [4.78, 5) is 10.3. The molecule has 0 atom stereocenters. The van der Waals surface area contributed by atoms with Crippen LogP contribution in [0.3, 0.4) is 0 Å². The third-order valence-electron chi connectivity index (χ3n) is 1.51. The first kappa shape index (κ1) is 11.5. The normalized spacial score (nSPS) is 10.5. The molecule has 0 radical (unpaired) electrons. The Morgan fingerprint density at radius 3 is 2.80 bits per heavy atom. The zero-order chi connectivity index (χ0) is 11.3. The number of carbonyl (C=O) groups excluding carboxylic acids is 1. The number of aldehydes is 1. The number of carbonyl (C=O) groups is 1. The van der Waals surface area contributed by atoms with Crippen LogP contribution in [-0.2, 0) is 10.0 Å². The fourth-order valence-electron chi connectivity index (χ4n) is 0.833. The summed E-state index contributed by atoms with van der Waals surface area (Å²) in [5.74, 6) is 5.06. The molecule has 1 rings (SSSR count). The van der Waals surface area contributed by atoms with Crippen LogP contribution in [0.25, 0.3) is 0 Å². The quantitative estimate of drug-likeness (QED) is 0.596. The van der Waals surface area contributed by atoms with Gasteiger partial charge in [-0.3, -0.25) is 4.79 Å². The summed E-state index contributed by atoms with van der Waals surface area (Å²) in [6.07, 6.45) is 0.435. The average molecular weight is 227 g/mol. The Labute approximate surface area is 87.5 Å². The van der Waals surface area contributed by atoms with E-state index in [1.807, 2.05) is 0 Å². The van der Waals surface area contributed by atoms with Gasteiger partial charge in [0.05, 0.1) is 6.54 Å². The molecular weight excluding hydrogens is 218 g/mol. The zero-order valence-electron chi connectivity index (χ0n) is 7.98. The molecule has 1 N–H and O–H groups in total. The molecular formula is C9H9NO4S. The van der Waals surface area contributed by atoms with Crippen molar-refractivity contribution in [1.29, 1.82) is 0 Å². The Balaban J connectivity index is 2.84. The van der Waals surface area contributed by atoms with Crippen LogP contribution in [0.15, 0.2) is 21.6 Å². The van der Waals surface area contributed by atoms with Crippen molar-refractivity contribution in [2.75, 3.05) is 6.54 Å². The molecule has 1 aromatic heterocycles. The highest BCUT2D eigenvalue weighted by molar-refractivity contribution is 7.89. The van der Waals surface area contributed by atoms with Crippen molar-refractivity contribution in [3.8, 4) is 11.8 Å². The zero-order valence-corrected chi connectivity index (χ0v) is 8.80. The topological polar surface area (TPSA) is 76.4 Å². The van der Waals surface area contributed by atoms with E-state index in [0.29, 0.717) is 6.29 Å². The molecule has 0 aliphatic rings. The van der Waals surface area contributed by atoms with Crippen molar-refractivity contribution < 1.29 is 17.6 Å². The molecule has 6 heteroatoms. The molecule has 0 spiro atoms. The lowest BCUT2D eigenvalue weighted by atomic mass is 10.5. The van der Waals surface area contributed by atoms with E-state index >= 15 is 0 Å². The Morgan fingerprint density at radius 1 is 1.53 bits per heavy atom. The van der Waals surface area contributed by atoms with Crippen LogP contribution >= 0.6 is 0 Å². The maximum absolute atomic E-state index is 11.4. The van der Waals surface area contributed by atoms with E-state index in [1.54, 1.807) is 6.92 Å². The maximum atomic E-state index is 11.4. The van der Waals surface area contributed by atoms with E-state index in [0.717, 1.165) is 0 Å². The first-order chi connectivity index (χ1) is 7.10. The predicted molar refractivity (Wildman–Crippen MR) is 52.7 cm³/mol. The molecule has 1 heterocycles. The van der Waals surface area contributed by atoms with Gasteiger partial charge >= 0.3 is 0 Å². The van der Waals surface area contributed by atoms with E-state index < -0.39 is 10.0 Å². The van der Waals surface area contributed by atoms with Crippen molar-refractivity contribution in [2.24, 2.45) is 0 Å². The van der Waals surface area contributed by atoms with E-state index in [-0.39, 0.29) is 17.4 Å². The van der Waals surface area contributed by atoms with Crippen LogP contribution in [0.5, 0.6) is 0 Å². The monoisotopic (exact) mass is 227 g/mol. The van der Waals surface area contributed by atoms with Gasteiger partial charge in [-0.05, 0) is 19.1 Å². The van der Waals surface area contributed by atoms with Gasteiger partial charge in [-0.15, -0.1) is 5.92 Å². The Bertz CT molecular complexity index is 504. The third kappa shape index (κ3) is 2.94. The summed E-state index contributed by atoms with van der Waals surface area (Å²) in [6, 6.07) is 2.50. The number of rotatable bonds is 4. The Hall–Kier alpha value is -1.58. The fourth-order valence-corrected chi connectivity index (χ4v) is 1.69. The van der Waals surface area contributed by atoms with E-state index in [2.05, 4.69) is 16.6 Å².